The molecule has 0 fully saturated rings. The van der Waals surface area contributed by atoms with Gasteiger partial charge in [0.25, 0.3) is 0 Å². The fourth-order valence-electron chi connectivity index (χ4n) is 0.501. The van der Waals surface area contributed by atoms with Crippen molar-refractivity contribution in [3.05, 3.63) is 0 Å². The highest BCUT2D eigenvalue weighted by Gasteiger charge is 2.34. The molecule has 0 aromatic rings. The van der Waals surface area contributed by atoms with Crippen LogP contribution in [0.25, 0.3) is 0 Å². The number of hydrogen-bond acceptors (Lipinski definition) is 3. The highest BCUT2D eigenvalue weighted by atomic mass is 35.5. The van der Waals surface area contributed by atoms with E-state index in [1.165, 1.54) is 0 Å². The average molecular weight is 228 g/mol. The SMILES string of the molecule is Cl.NCCS(=O)(=O)CC(F)(F)F. The molecule has 0 saturated heterocycles. The third kappa shape index (κ3) is 8.09. The summed E-state index contributed by atoms with van der Waals surface area (Å²) in [5.41, 5.74) is 4.79. The molecule has 0 aliphatic heterocycles. The van der Waals surface area contributed by atoms with Crippen molar-refractivity contribution in [3.63, 3.8) is 0 Å². The number of hydrogen-bond donors (Lipinski definition) is 1. The van der Waals surface area contributed by atoms with E-state index in [0.29, 0.717) is 0 Å². The molecule has 0 spiro atoms. The van der Waals surface area contributed by atoms with E-state index in [0.717, 1.165) is 0 Å². The van der Waals surface area contributed by atoms with Crippen LogP contribution in [0.15, 0.2) is 0 Å². The van der Waals surface area contributed by atoms with Crippen LogP contribution in [0.1, 0.15) is 0 Å². The Morgan fingerprint density at radius 3 is 1.92 bits per heavy atom. The van der Waals surface area contributed by atoms with Crippen LogP contribution in [0.4, 0.5) is 13.2 Å². The second-order valence-electron chi connectivity index (χ2n) is 2.00. The molecule has 0 heterocycles. The van der Waals surface area contributed by atoms with E-state index in [2.05, 4.69) is 0 Å². The van der Waals surface area contributed by atoms with Gasteiger partial charge in [-0.3, -0.25) is 0 Å². The van der Waals surface area contributed by atoms with E-state index in [1.54, 1.807) is 0 Å². The van der Waals surface area contributed by atoms with Crippen molar-refractivity contribution in [2.45, 2.75) is 6.18 Å². The molecule has 0 bridgehead atoms. The first-order chi connectivity index (χ1) is 4.77. The van der Waals surface area contributed by atoms with Crippen molar-refractivity contribution >= 4 is 22.2 Å². The smallest absolute Gasteiger partial charge is 0.329 e. The van der Waals surface area contributed by atoms with Crippen LogP contribution < -0.4 is 5.73 Å². The van der Waals surface area contributed by atoms with Crippen molar-refractivity contribution in [1.29, 1.82) is 0 Å². The Balaban J connectivity index is 0. The number of rotatable bonds is 3. The zero-order chi connectivity index (χ0) is 9.12. The molecule has 0 aromatic heterocycles. The van der Waals surface area contributed by atoms with Crippen LogP contribution in [0.5, 0.6) is 0 Å². The van der Waals surface area contributed by atoms with Gasteiger partial charge in [0, 0.05) is 6.54 Å². The van der Waals surface area contributed by atoms with Gasteiger partial charge in [-0.25, -0.2) is 8.42 Å². The molecule has 0 rings (SSSR count). The standard InChI is InChI=1S/C4H8F3NO2S.ClH/c5-4(6,7)3-11(9,10)2-1-8;/h1-3,8H2;1H. The molecule has 0 saturated carbocycles. The molecule has 3 nitrogen and oxygen atoms in total. The second-order valence-corrected chi connectivity index (χ2v) is 4.18. The van der Waals surface area contributed by atoms with Gasteiger partial charge in [0.05, 0.1) is 5.75 Å². The number of sulfone groups is 1. The Hall–Kier alpha value is -0.0100. The summed E-state index contributed by atoms with van der Waals surface area (Å²) in [6.07, 6.45) is -4.66. The van der Waals surface area contributed by atoms with Gasteiger partial charge in [-0.05, 0) is 0 Å². The summed E-state index contributed by atoms with van der Waals surface area (Å²) in [7, 11) is -4.04. The van der Waals surface area contributed by atoms with E-state index in [9.17, 15) is 21.6 Å². The van der Waals surface area contributed by atoms with Crippen LogP contribution in [0, 0.1) is 0 Å². The third-order valence-corrected chi connectivity index (χ3v) is 2.44. The van der Waals surface area contributed by atoms with Gasteiger partial charge in [-0.15, -0.1) is 12.4 Å². The minimum atomic E-state index is -4.66. The molecule has 76 valence electrons. The van der Waals surface area contributed by atoms with Gasteiger partial charge in [0.2, 0.25) is 0 Å². The maximum absolute atomic E-state index is 11.5. The largest absolute Gasteiger partial charge is 0.402 e. The average Bonchev–Trinajstić information content (AvgIpc) is 1.55. The predicted molar refractivity (Wildman–Crippen MR) is 41.0 cm³/mol. The van der Waals surface area contributed by atoms with Crippen molar-refractivity contribution in [1.82, 2.24) is 0 Å². The molecule has 12 heavy (non-hydrogen) atoms. The Kier molecular flexibility index (Phi) is 5.90. The fraction of sp³-hybridized carbons (Fsp3) is 1.00. The Bertz CT molecular complexity index is 213. The quantitative estimate of drug-likeness (QED) is 0.757. The normalized spacial score (nSPS) is 12.3. The molecule has 8 heteroatoms. The summed E-state index contributed by atoms with van der Waals surface area (Å²) in [6, 6.07) is 0. The van der Waals surface area contributed by atoms with Crippen LogP contribution in [-0.4, -0.2) is 32.6 Å². The number of halogens is 4. The second kappa shape index (κ2) is 4.88. The Labute approximate surface area is 74.4 Å². The molecule has 0 amide bonds. The van der Waals surface area contributed by atoms with Crippen molar-refractivity contribution in [3.8, 4) is 0 Å². The topological polar surface area (TPSA) is 60.2 Å². The molecule has 2 N–H and O–H groups in total. The highest BCUT2D eigenvalue weighted by Crippen LogP contribution is 2.17. The summed E-state index contributed by atoms with van der Waals surface area (Å²) in [5.74, 6) is -2.40. The van der Waals surface area contributed by atoms with Gasteiger partial charge in [-0.2, -0.15) is 13.2 Å². The van der Waals surface area contributed by atoms with Crippen molar-refractivity contribution in [2.75, 3.05) is 18.1 Å². The molecule has 0 aliphatic rings. The van der Waals surface area contributed by atoms with E-state index in [4.69, 9.17) is 5.73 Å². The first-order valence-electron chi connectivity index (χ1n) is 2.74. The van der Waals surface area contributed by atoms with Gasteiger partial charge in [-0.1, -0.05) is 0 Å². The number of nitrogens with two attached hydrogens (primary N) is 1. The van der Waals surface area contributed by atoms with Gasteiger partial charge in [0.15, 0.2) is 9.84 Å². The molecular weight excluding hydrogens is 219 g/mol. The lowest BCUT2D eigenvalue weighted by molar-refractivity contribution is -0.106. The Morgan fingerprint density at radius 2 is 1.67 bits per heavy atom. The summed E-state index contributed by atoms with van der Waals surface area (Å²) in [6.45, 7) is -0.279. The number of alkyl halides is 3. The predicted octanol–water partition coefficient (Wildman–Crippen LogP) is 0.344. The fourth-order valence-corrected chi connectivity index (χ4v) is 1.50. The minimum absolute atomic E-state index is 0. The van der Waals surface area contributed by atoms with Gasteiger partial charge >= 0.3 is 6.18 Å². The monoisotopic (exact) mass is 227 g/mol. The van der Waals surface area contributed by atoms with Crippen LogP contribution >= 0.6 is 12.4 Å². The first kappa shape index (κ1) is 14.5. The van der Waals surface area contributed by atoms with E-state index >= 15 is 0 Å². The van der Waals surface area contributed by atoms with E-state index in [-0.39, 0.29) is 19.0 Å². The summed E-state index contributed by atoms with van der Waals surface area (Å²) in [4.78, 5) is 0. The molecular formula is C4H9ClF3NO2S. The van der Waals surface area contributed by atoms with Crippen molar-refractivity contribution in [2.24, 2.45) is 5.73 Å². The zero-order valence-electron chi connectivity index (χ0n) is 5.97. The van der Waals surface area contributed by atoms with Gasteiger partial charge < -0.3 is 5.73 Å². The highest BCUT2D eigenvalue weighted by molar-refractivity contribution is 7.91. The maximum atomic E-state index is 11.5. The third-order valence-electron chi connectivity index (χ3n) is 0.812. The minimum Gasteiger partial charge on any atom is -0.329 e. The maximum Gasteiger partial charge on any atom is 0.402 e. The Morgan fingerprint density at radius 1 is 1.25 bits per heavy atom. The van der Waals surface area contributed by atoms with E-state index in [1.807, 2.05) is 0 Å². The van der Waals surface area contributed by atoms with Crippen LogP contribution in [0.3, 0.4) is 0 Å². The molecule has 0 atom stereocenters. The molecule has 0 aromatic carbocycles. The zero-order valence-corrected chi connectivity index (χ0v) is 7.60. The summed E-state index contributed by atoms with van der Waals surface area (Å²) in [5, 5.41) is 0. The van der Waals surface area contributed by atoms with E-state index < -0.39 is 27.5 Å². The lowest BCUT2D eigenvalue weighted by Gasteiger charge is -2.05. The van der Waals surface area contributed by atoms with Crippen molar-refractivity contribution < 1.29 is 21.6 Å². The van der Waals surface area contributed by atoms with Crippen LogP contribution in [-0.2, 0) is 9.84 Å². The lowest BCUT2D eigenvalue weighted by Crippen LogP contribution is -2.27. The van der Waals surface area contributed by atoms with Gasteiger partial charge in [0.1, 0.15) is 5.75 Å². The summed E-state index contributed by atoms with van der Waals surface area (Å²) >= 11 is 0. The first-order valence-corrected chi connectivity index (χ1v) is 4.56. The van der Waals surface area contributed by atoms with Crippen LogP contribution in [0.2, 0.25) is 0 Å². The molecule has 0 aliphatic carbocycles. The molecule has 0 unspecified atom stereocenters. The molecule has 0 radical (unpaired) electrons. The summed E-state index contributed by atoms with van der Waals surface area (Å²) < 4.78 is 55.3. The lowest BCUT2D eigenvalue weighted by atomic mass is 10.8.